The number of esters is 1. The lowest BCUT2D eigenvalue weighted by molar-refractivity contribution is -0.135. The number of amides is 1. The highest BCUT2D eigenvalue weighted by molar-refractivity contribution is 7.89. The van der Waals surface area contributed by atoms with Gasteiger partial charge < -0.3 is 9.64 Å². The van der Waals surface area contributed by atoms with Gasteiger partial charge in [0.1, 0.15) is 10.7 Å². The van der Waals surface area contributed by atoms with Crippen molar-refractivity contribution in [2.75, 3.05) is 32.8 Å². The van der Waals surface area contributed by atoms with Crippen LogP contribution in [-0.4, -0.2) is 62.3 Å². The van der Waals surface area contributed by atoms with Gasteiger partial charge in [0.15, 0.2) is 6.61 Å². The molecule has 1 heterocycles. The number of hydrogen-bond donors (Lipinski definition) is 0. The number of piperazine rings is 1. The normalized spacial score (nSPS) is 15.2. The fourth-order valence-corrected chi connectivity index (χ4v) is 4.33. The average Bonchev–Trinajstić information content (AvgIpc) is 2.72. The first-order valence-electron chi connectivity index (χ1n) is 8.64. The number of carbonyl (C=O) groups excluding carboxylic acids is 2. The number of benzene rings is 2. The van der Waals surface area contributed by atoms with E-state index in [2.05, 4.69) is 0 Å². The highest BCUT2D eigenvalue weighted by atomic mass is 32.2. The maximum atomic E-state index is 13.8. The van der Waals surface area contributed by atoms with Crippen molar-refractivity contribution in [3.8, 4) is 0 Å². The van der Waals surface area contributed by atoms with Gasteiger partial charge in [-0.2, -0.15) is 4.31 Å². The smallest absolute Gasteiger partial charge is 0.338 e. The van der Waals surface area contributed by atoms with E-state index in [1.807, 2.05) is 0 Å². The lowest BCUT2D eigenvalue weighted by Gasteiger charge is -2.33. The summed E-state index contributed by atoms with van der Waals surface area (Å²) in [4.78, 5) is 25.2. The molecular weight excluding hydrogens is 387 g/mol. The maximum absolute atomic E-state index is 13.8. The summed E-state index contributed by atoms with van der Waals surface area (Å²) in [7, 11) is -3.97. The van der Waals surface area contributed by atoms with Crippen LogP contribution in [0.1, 0.15) is 10.4 Å². The van der Waals surface area contributed by atoms with Crippen LogP contribution in [0.3, 0.4) is 0 Å². The van der Waals surface area contributed by atoms with Crippen molar-refractivity contribution >= 4 is 21.9 Å². The monoisotopic (exact) mass is 406 g/mol. The standard InChI is InChI=1S/C19H19FN2O5S/c20-16-8-4-5-9-17(16)28(25,26)22-12-10-21(11-13-22)18(23)14-27-19(24)15-6-2-1-3-7-15/h1-9H,10-14H2. The van der Waals surface area contributed by atoms with Crippen LogP contribution in [0.2, 0.25) is 0 Å². The Morgan fingerprint density at radius 1 is 0.929 bits per heavy atom. The number of rotatable bonds is 5. The van der Waals surface area contributed by atoms with Gasteiger partial charge in [0.25, 0.3) is 5.91 Å². The molecule has 1 fully saturated rings. The highest BCUT2D eigenvalue weighted by Crippen LogP contribution is 2.20. The SMILES string of the molecule is O=C(OCC(=O)N1CCN(S(=O)(=O)c2ccccc2F)CC1)c1ccccc1. The number of carbonyl (C=O) groups is 2. The fourth-order valence-electron chi connectivity index (χ4n) is 2.85. The van der Waals surface area contributed by atoms with Crippen molar-refractivity contribution in [3.05, 3.63) is 66.0 Å². The molecule has 0 radical (unpaired) electrons. The molecule has 2 aromatic carbocycles. The quantitative estimate of drug-likeness (QED) is 0.703. The molecule has 0 bridgehead atoms. The van der Waals surface area contributed by atoms with Gasteiger partial charge in [0, 0.05) is 26.2 Å². The van der Waals surface area contributed by atoms with E-state index in [0.29, 0.717) is 5.56 Å². The van der Waals surface area contributed by atoms with Crippen LogP contribution in [0, 0.1) is 5.82 Å². The van der Waals surface area contributed by atoms with Gasteiger partial charge in [-0.05, 0) is 24.3 Å². The van der Waals surface area contributed by atoms with Gasteiger partial charge >= 0.3 is 5.97 Å². The zero-order valence-electron chi connectivity index (χ0n) is 15.0. The first-order chi connectivity index (χ1) is 13.4. The number of ether oxygens (including phenoxy) is 1. The van der Waals surface area contributed by atoms with Crippen molar-refractivity contribution in [1.29, 1.82) is 0 Å². The van der Waals surface area contributed by atoms with E-state index in [1.54, 1.807) is 30.3 Å². The van der Waals surface area contributed by atoms with Crippen LogP contribution in [-0.2, 0) is 19.6 Å². The highest BCUT2D eigenvalue weighted by Gasteiger charge is 2.31. The minimum Gasteiger partial charge on any atom is -0.452 e. The summed E-state index contributed by atoms with van der Waals surface area (Å²) in [5.41, 5.74) is 0.344. The second kappa shape index (κ2) is 8.49. The molecule has 1 aliphatic heterocycles. The maximum Gasteiger partial charge on any atom is 0.338 e. The first kappa shape index (κ1) is 20.0. The van der Waals surface area contributed by atoms with Gasteiger partial charge in [-0.3, -0.25) is 4.79 Å². The molecule has 1 saturated heterocycles. The molecule has 0 N–H and O–H groups in total. The summed E-state index contributed by atoms with van der Waals surface area (Å²) in [6, 6.07) is 13.5. The molecule has 0 unspecified atom stereocenters. The van der Waals surface area contributed by atoms with Crippen molar-refractivity contribution in [3.63, 3.8) is 0 Å². The Morgan fingerprint density at radius 3 is 2.18 bits per heavy atom. The van der Waals surface area contributed by atoms with Crippen LogP contribution in [0.5, 0.6) is 0 Å². The molecule has 1 amide bonds. The molecule has 28 heavy (non-hydrogen) atoms. The Balaban J connectivity index is 1.54. The van der Waals surface area contributed by atoms with Gasteiger partial charge in [-0.25, -0.2) is 17.6 Å². The van der Waals surface area contributed by atoms with Crippen molar-refractivity contribution in [2.24, 2.45) is 0 Å². The number of nitrogens with zero attached hydrogens (tertiary/aromatic N) is 2. The Labute approximate surface area is 162 Å². The van der Waals surface area contributed by atoms with E-state index in [-0.39, 0.29) is 31.1 Å². The summed E-state index contributed by atoms with van der Waals surface area (Å²) in [6.45, 7) is -0.0807. The molecule has 7 nitrogen and oxygen atoms in total. The molecule has 148 valence electrons. The summed E-state index contributed by atoms with van der Waals surface area (Å²) < 4.78 is 45.1. The molecule has 2 aromatic rings. The molecule has 1 aliphatic rings. The van der Waals surface area contributed by atoms with Crippen molar-refractivity contribution in [1.82, 2.24) is 9.21 Å². The van der Waals surface area contributed by atoms with E-state index >= 15 is 0 Å². The van der Waals surface area contributed by atoms with Gasteiger partial charge in [-0.1, -0.05) is 30.3 Å². The lowest BCUT2D eigenvalue weighted by Crippen LogP contribution is -2.51. The Hall–Kier alpha value is -2.78. The van der Waals surface area contributed by atoms with E-state index in [0.717, 1.165) is 10.4 Å². The van der Waals surface area contributed by atoms with E-state index in [1.165, 1.54) is 23.1 Å². The van der Waals surface area contributed by atoms with Crippen LogP contribution < -0.4 is 0 Å². The Bertz CT molecular complexity index is 957. The molecule has 9 heteroatoms. The number of hydrogen-bond acceptors (Lipinski definition) is 5. The second-order valence-electron chi connectivity index (χ2n) is 6.16. The molecule has 0 saturated carbocycles. The third-order valence-electron chi connectivity index (χ3n) is 4.38. The Morgan fingerprint density at radius 2 is 1.54 bits per heavy atom. The van der Waals surface area contributed by atoms with Gasteiger partial charge in [0.05, 0.1) is 5.56 Å². The van der Waals surface area contributed by atoms with Gasteiger partial charge in [0.2, 0.25) is 10.0 Å². The van der Waals surface area contributed by atoms with Gasteiger partial charge in [-0.15, -0.1) is 0 Å². The summed E-state index contributed by atoms with van der Waals surface area (Å²) in [5, 5.41) is 0. The molecule has 0 aromatic heterocycles. The molecule has 0 aliphatic carbocycles. The topological polar surface area (TPSA) is 84.0 Å². The molecule has 0 spiro atoms. The third kappa shape index (κ3) is 4.37. The minimum atomic E-state index is -3.97. The number of halogens is 1. The van der Waals surface area contributed by atoms with Crippen molar-refractivity contribution < 1.29 is 27.1 Å². The third-order valence-corrected chi connectivity index (χ3v) is 6.31. The molecule has 0 atom stereocenters. The van der Waals surface area contributed by atoms with Crippen LogP contribution >= 0.6 is 0 Å². The zero-order valence-corrected chi connectivity index (χ0v) is 15.8. The lowest BCUT2D eigenvalue weighted by atomic mass is 10.2. The summed E-state index contributed by atoms with van der Waals surface area (Å²) in [6.07, 6.45) is 0. The van der Waals surface area contributed by atoms with Crippen molar-refractivity contribution in [2.45, 2.75) is 4.90 Å². The zero-order chi connectivity index (χ0) is 20.1. The largest absolute Gasteiger partial charge is 0.452 e. The summed E-state index contributed by atoms with van der Waals surface area (Å²) >= 11 is 0. The van der Waals surface area contributed by atoms with E-state index < -0.39 is 34.3 Å². The Kier molecular flexibility index (Phi) is 6.05. The van der Waals surface area contributed by atoms with E-state index in [9.17, 15) is 22.4 Å². The predicted molar refractivity (Wildman–Crippen MR) is 98.5 cm³/mol. The van der Waals surface area contributed by atoms with Crippen LogP contribution in [0.15, 0.2) is 59.5 Å². The second-order valence-corrected chi connectivity index (χ2v) is 8.06. The predicted octanol–water partition coefficient (Wildman–Crippen LogP) is 1.52. The molecule has 3 rings (SSSR count). The van der Waals surface area contributed by atoms with Crippen LogP contribution in [0.25, 0.3) is 0 Å². The molecular formula is C19H19FN2O5S. The van der Waals surface area contributed by atoms with E-state index in [4.69, 9.17) is 4.74 Å². The first-order valence-corrected chi connectivity index (χ1v) is 10.1. The summed E-state index contributed by atoms with van der Waals surface area (Å²) in [5.74, 6) is -1.82. The average molecular weight is 406 g/mol. The number of sulfonamides is 1. The minimum absolute atomic E-state index is 0.0367. The van der Waals surface area contributed by atoms with Crippen LogP contribution in [0.4, 0.5) is 4.39 Å². The fraction of sp³-hybridized carbons (Fsp3) is 0.263.